The maximum absolute atomic E-state index is 12.7. The van der Waals surface area contributed by atoms with Gasteiger partial charge in [0.15, 0.2) is 5.60 Å². The molecule has 1 aromatic heterocycles. The van der Waals surface area contributed by atoms with Gasteiger partial charge in [-0.2, -0.15) is 0 Å². The number of benzene rings is 1. The third kappa shape index (κ3) is 2.83. The summed E-state index contributed by atoms with van der Waals surface area (Å²) >= 11 is 1.72. The normalized spacial score (nSPS) is 41.4. The first kappa shape index (κ1) is 23.3. The van der Waals surface area contributed by atoms with E-state index in [0.29, 0.717) is 29.3 Å². The molecular formula is C29H34O6S. The molecule has 8 atom stereocenters. The number of esters is 1. The summed E-state index contributed by atoms with van der Waals surface area (Å²) in [7, 11) is 0. The highest BCUT2D eigenvalue weighted by molar-refractivity contribution is 7.98. The quantitative estimate of drug-likeness (QED) is 0.285. The van der Waals surface area contributed by atoms with Crippen LogP contribution in [0, 0.1) is 17.3 Å². The minimum absolute atomic E-state index is 0.0552. The molecule has 2 aromatic rings. The molecule has 7 heteroatoms. The zero-order valence-electron chi connectivity index (χ0n) is 21.3. The van der Waals surface area contributed by atoms with Gasteiger partial charge in [0, 0.05) is 16.5 Å². The number of epoxide rings is 2. The van der Waals surface area contributed by atoms with Gasteiger partial charge in [0.25, 0.3) is 5.95 Å². The van der Waals surface area contributed by atoms with Gasteiger partial charge in [-0.3, -0.25) is 0 Å². The molecule has 2 saturated heterocycles. The van der Waals surface area contributed by atoms with Crippen molar-refractivity contribution in [2.24, 2.45) is 17.3 Å². The molecule has 3 aliphatic carbocycles. The number of carbonyl (C=O) groups is 1. The van der Waals surface area contributed by atoms with Crippen LogP contribution in [-0.4, -0.2) is 47.7 Å². The third-order valence-electron chi connectivity index (χ3n) is 10.0. The van der Waals surface area contributed by atoms with Crippen LogP contribution in [0.4, 0.5) is 0 Å². The van der Waals surface area contributed by atoms with Crippen LogP contribution in [0.5, 0.6) is 5.95 Å². The van der Waals surface area contributed by atoms with Crippen molar-refractivity contribution >= 4 is 17.7 Å². The zero-order chi connectivity index (χ0) is 24.9. The maximum atomic E-state index is 12.7. The van der Waals surface area contributed by atoms with Crippen LogP contribution in [-0.2, 0) is 20.6 Å². The van der Waals surface area contributed by atoms with E-state index in [9.17, 15) is 4.79 Å². The van der Waals surface area contributed by atoms with E-state index < -0.39 is 0 Å². The van der Waals surface area contributed by atoms with Gasteiger partial charge in [0.1, 0.15) is 5.60 Å². The second-order valence-electron chi connectivity index (χ2n) is 11.8. The van der Waals surface area contributed by atoms with Gasteiger partial charge in [0.2, 0.25) is 0 Å². The van der Waals surface area contributed by atoms with Gasteiger partial charge in [-0.25, -0.2) is 4.79 Å². The number of hydrogen-bond acceptors (Lipinski definition) is 7. The lowest BCUT2D eigenvalue weighted by molar-refractivity contribution is -0.110. The lowest BCUT2D eigenvalue weighted by atomic mass is 9.47. The summed E-state index contributed by atoms with van der Waals surface area (Å²) in [6, 6.07) is 9.06. The Balaban J connectivity index is 1.22. The van der Waals surface area contributed by atoms with E-state index in [4.69, 9.17) is 23.4 Å². The predicted molar refractivity (Wildman–Crippen MR) is 135 cm³/mol. The number of furan rings is 1. The van der Waals surface area contributed by atoms with Crippen molar-refractivity contribution in [3.63, 3.8) is 0 Å². The van der Waals surface area contributed by atoms with Crippen LogP contribution in [0.3, 0.4) is 0 Å². The smallest absolute Gasteiger partial charge is 0.345 e. The van der Waals surface area contributed by atoms with E-state index in [0.717, 1.165) is 36.8 Å². The van der Waals surface area contributed by atoms with Gasteiger partial charge in [-0.15, -0.1) is 11.8 Å². The number of rotatable bonds is 6. The number of hydrogen-bond donors (Lipinski definition) is 0. The summed E-state index contributed by atoms with van der Waals surface area (Å²) in [5.74, 6) is 1.80. The Hall–Kier alpha value is -1.80. The fraction of sp³-hybridized carbons (Fsp3) is 0.621. The standard InChI is InChI=1S/C29H34O6S/c1-16(2)19-12-23-29(35-23)27(3)11-10-18-20(14-31-26(18)33-25(30)17-8-6-5-7-9-17)21(27)13-22-28(29,34-22)24(19)32-15-36-4/h5-9,14,16,19,21-24H,10-13,15H2,1-4H3/t19?,21?,22-,23-,24+,27-,28+,29+/m0/s1. The average molecular weight is 511 g/mol. The number of thioether (sulfide) groups is 1. The largest absolute Gasteiger partial charge is 0.433 e. The van der Waals surface area contributed by atoms with E-state index >= 15 is 0 Å². The molecule has 2 unspecified atom stereocenters. The highest BCUT2D eigenvalue weighted by Crippen LogP contribution is 2.80. The van der Waals surface area contributed by atoms with Crippen LogP contribution < -0.4 is 4.74 Å². The Kier molecular flexibility index (Phi) is 5.09. The minimum Gasteiger partial charge on any atom is -0.433 e. The molecule has 0 radical (unpaired) electrons. The molecule has 4 fully saturated rings. The first-order valence-electron chi connectivity index (χ1n) is 13.2. The Labute approximate surface area is 216 Å². The van der Waals surface area contributed by atoms with Crippen molar-refractivity contribution in [1.82, 2.24) is 0 Å². The molecule has 36 heavy (non-hydrogen) atoms. The van der Waals surface area contributed by atoms with Crippen molar-refractivity contribution in [1.29, 1.82) is 0 Å². The molecule has 2 saturated carbocycles. The second kappa shape index (κ2) is 7.85. The first-order valence-corrected chi connectivity index (χ1v) is 14.6. The van der Waals surface area contributed by atoms with Crippen LogP contribution in [0.2, 0.25) is 0 Å². The Morgan fingerprint density at radius 3 is 2.72 bits per heavy atom. The van der Waals surface area contributed by atoms with Crippen LogP contribution >= 0.6 is 11.8 Å². The second-order valence-corrected chi connectivity index (χ2v) is 12.6. The highest BCUT2D eigenvalue weighted by atomic mass is 32.2. The van der Waals surface area contributed by atoms with Crippen molar-refractivity contribution in [2.75, 3.05) is 12.2 Å². The molecule has 0 amide bonds. The summed E-state index contributed by atoms with van der Waals surface area (Å²) < 4.78 is 31.7. The molecule has 2 spiro atoms. The fourth-order valence-electron chi connectivity index (χ4n) is 8.28. The molecule has 2 aliphatic heterocycles. The summed E-state index contributed by atoms with van der Waals surface area (Å²) in [5, 5.41) is 0. The number of carbonyl (C=O) groups excluding carboxylic acids is 1. The van der Waals surface area contributed by atoms with E-state index in [1.807, 2.05) is 24.5 Å². The topological polar surface area (TPSA) is 73.7 Å². The third-order valence-corrected chi connectivity index (χ3v) is 10.4. The summed E-state index contributed by atoms with van der Waals surface area (Å²) in [6.45, 7) is 6.99. The first-order chi connectivity index (χ1) is 17.4. The van der Waals surface area contributed by atoms with E-state index in [2.05, 4.69) is 27.0 Å². The van der Waals surface area contributed by atoms with Gasteiger partial charge in [0.05, 0.1) is 36.1 Å². The molecule has 7 rings (SSSR count). The van der Waals surface area contributed by atoms with Crippen LogP contribution in [0.15, 0.2) is 41.0 Å². The number of ether oxygens (including phenoxy) is 4. The predicted octanol–water partition coefficient (Wildman–Crippen LogP) is 5.60. The molecule has 0 N–H and O–H groups in total. The Morgan fingerprint density at radius 2 is 1.97 bits per heavy atom. The van der Waals surface area contributed by atoms with Gasteiger partial charge in [-0.05, 0) is 61.8 Å². The highest BCUT2D eigenvalue weighted by Gasteiger charge is 2.93. The van der Waals surface area contributed by atoms with Crippen molar-refractivity contribution in [3.05, 3.63) is 53.3 Å². The van der Waals surface area contributed by atoms with E-state index in [1.165, 1.54) is 0 Å². The average Bonchev–Trinajstić information content (AvgIpc) is 3.76. The lowest BCUT2D eigenvalue weighted by Gasteiger charge is -2.54. The van der Waals surface area contributed by atoms with Crippen LogP contribution in [0.25, 0.3) is 0 Å². The Bertz CT molecular complexity index is 1190. The summed E-state index contributed by atoms with van der Waals surface area (Å²) in [4.78, 5) is 12.7. The van der Waals surface area contributed by atoms with Gasteiger partial charge < -0.3 is 23.4 Å². The number of fused-ring (bicyclic) bond motifs is 3. The SMILES string of the molecule is CSCO[C@@H]1C(C(C)C)C[C@@H]2O[C@]23[C@]12O[C@H]2CC1c2coc(OC(=O)c4ccccc4)c2CC[C@@]13C. The molecule has 5 aliphatic rings. The monoisotopic (exact) mass is 510 g/mol. The molecule has 3 heterocycles. The summed E-state index contributed by atoms with van der Waals surface area (Å²) in [5.41, 5.74) is 1.93. The van der Waals surface area contributed by atoms with Crippen molar-refractivity contribution < 1.29 is 28.2 Å². The Morgan fingerprint density at radius 1 is 1.17 bits per heavy atom. The minimum atomic E-state index is -0.390. The molecule has 0 bridgehead atoms. The van der Waals surface area contributed by atoms with Gasteiger partial charge >= 0.3 is 5.97 Å². The molecule has 192 valence electrons. The maximum Gasteiger partial charge on any atom is 0.345 e. The fourth-order valence-corrected chi connectivity index (χ4v) is 8.56. The van der Waals surface area contributed by atoms with E-state index in [-0.39, 0.29) is 46.8 Å². The zero-order valence-corrected chi connectivity index (χ0v) is 22.1. The van der Waals surface area contributed by atoms with E-state index in [1.54, 1.807) is 23.9 Å². The summed E-state index contributed by atoms with van der Waals surface area (Å²) in [6.07, 6.45) is 7.95. The lowest BCUT2D eigenvalue weighted by Crippen LogP contribution is -2.66. The van der Waals surface area contributed by atoms with Crippen LogP contribution in [0.1, 0.15) is 67.4 Å². The molecule has 6 nitrogen and oxygen atoms in total. The molecule has 1 aromatic carbocycles. The van der Waals surface area contributed by atoms with Crippen molar-refractivity contribution in [3.8, 4) is 5.95 Å². The molecular weight excluding hydrogens is 476 g/mol. The van der Waals surface area contributed by atoms with Gasteiger partial charge in [-0.1, -0.05) is 39.0 Å². The van der Waals surface area contributed by atoms with Crippen molar-refractivity contribution in [2.45, 2.75) is 81.9 Å².